The van der Waals surface area contributed by atoms with Gasteiger partial charge in [0, 0.05) is 31.6 Å². The molecule has 150 valence electrons. The van der Waals surface area contributed by atoms with Gasteiger partial charge in [0.25, 0.3) is 5.88 Å². The van der Waals surface area contributed by atoms with Crippen molar-refractivity contribution >= 4 is 5.82 Å². The van der Waals surface area contributed by atoms with Crippen LogP contribution in [0.4, 0.5) is 5.82 Å². The average Bonchev–Trinajstić information content (AvgIpc) is 3.12. The first-order valence-electron chi connectivity index (χ1n) is 10.2. The van der Waals surface area contributed by atoms with Crippen LogP contribution in [0, 0.1) is 6.92 Å². The lowest BCUT2D eigenvalue weighted by atomic mass is 9.92. The molecule has 0 amide bonds. The summed E-state index contributed by atoms with van der Waals surface area (Å²) in [6, 6.07) is 4.41. The Morgan fingerprint density at radius 1 is 1.07 bits per heavy atom. The van der Waals surface area contributed by atoms with Crippen molar-refractivity contribution in [3.63, 3.8) is 0 Å². The molecule has 0 fully saturated rings. The zero-order valence-electron chi connectivity index (χ0n) is 17.0. The van der Waals surface area contributed by atoms with E-state index in [1.165, 1.54) is 23.1 Å². The fourth-order valence-corrected chi connectivity index (χ4v) is 4.37. The number of imidazole rings is 1. The van der Waals surface area contributed by atoms with Crippen molar-refractivity contribution < 1.29 is 4.74 Å². The molecule has 0 saturated carbocycles. The summed E-state index contributed by atoms with van der Waals surface area (Å²) in [5.41, 5.74) is 12.0. The highest BCUT2D eigenvalue weighted by molar-refractivity contribution is 5.64. The molecule has 0 spiro atoms. The molecular weight excluding hydrogens is 364 g/mol. The Balaban J connectivity index is 1.49. The molecular formula is C22H26N6O. The van der Waals surface area contributed by atoms with Crippen LogP contribution in [0.15, 0.2) is 24.5 Å². The number of fused-ring (bicyclic) bond motifs is 2. The lowest BCUT2D eigenvalue weighted by molar-refractivity contribution is 0.312. The third-order valence-corrected chi connectivity index (χ3v) is 5.95. The van der Waals surface area contributed by atoms with Crippen molar-refractivity contribution in [3.05, 3.63) is 47.0 Å². The number of anilines is 1. The van der Waals surface area contributed by atoms with Crippen LogP contribution in [-0.4, -0.2) is 38.0 Å². The number of hydrogen-bond acceptors (Lipinski definition) is 6. The van der Waals surface area contributed by atoms with Gasteiger partial charge in [-0.25, -0.2) is 15.0 Å². The number of benzene rings is 1. The standard InChI is InChI=1S/C22H26N6O/c1-14-9-15(10-16-13-27(2)8-6-17(14)16)18-11-25-21(23)22(26-18)29-20-12-24-19-5-3-4-7-28(19)20/h9-12H,3-8,13H2,1-2H3,(H2,23,25). The van der Waals surface area contributed by atoms with Crippen molar-refractivity contribution in [1.29, 1.82) is 0 Å². The van der Waals surface area contributed by atoms with Gasteiger partial charge in [-0.1, -0.05) is 0 Å². The highest BCUT2D eigenvalue weighted by Crippen LogP contribution is 2.32. The highest BCUT2D eigenvalue weighted by Gasteiger charge is 2.19. The smallest absolute Gasteiger partial charge is 0.264 e. The fourth-order valence-electron chi connectivity index (χ4n) is 4.37. The molecule has 2 aliphatic rings. The summed E-state index contributed by atoms with van der Waals surface area (Å²) >= 11 is 0. The maximum Gasteiger partial charge on any atom is 0.264 e. The van der Waals surface area contributed by atoms with E-state index in [2.05, 4.69) is 45.5 Å². The van der Waals surface area contributed by atoms with Crippen LogP contribution in [0.5, 0.6) is 11.8 Å². The predicted molar refractivity (Wildman–Crippen MR) is 112 cm³/mol. The minimum atomic E-state index is 0.287. The number of hydrogen-bond donors (Lipinski definition) is 1. The molecule has 1 aromatic carbocycles. The maximum atomic E-state index is 6.08. The first-order valence-corrected chi connectivity index (χ1v) is 10.2. The van der Waals surface area contributed by atoms with E-state index in [9.17, 15) is 0 Å². The number of nitrogens with two attached hydrogens (primary N) is 1. The fraction of sp³-hybridized carbons (Fsp3) is 0.409. The van der Waals surface area contributed by atoms with Crippen LogP contribution in [0.1, 0.15) is 35.4 Å². The molecule has 3 aromatic rings. The summed E-state index contributed by atoms with van der Waals surface area (Å²) < 4.78 is 8.17. The first-order chi connectivity index (χ1) is 14.1. The maximum absolute atomic E-state index is 6.08. The van der Waals surface area contributed by atoms with Gasteiger partial charge in [-0.2, -0.15) is 0 Å². The third kappa shape index (κ3) is 3.35. The SMILES string of the molecule is Cc1cc(-c2cnc(N)c(Oc3cnc4n3CCCC4)n2)cc2c1CCN(C)C2. The van der Waals surface area contributed by atoms with Crippen molar-refractivity contribution in [2.75, 3.05) is 19.3 Å². The van der Waals surface area contributed by atoms with E-state index in [4.69, 9.17) is 15.5 Å². The largest absolute Gasteiger partial charge is 0.417 e. The van der Waals surface area contributed by atoms with Crippen LogP contribution >= 0.6 is 0 Å². The van der Waals surface area contributed by atoms with E-state index >= 15 is 0 Å². The van der Waals surface area contributed by atoms with Gasteiger partial charge in [-0.15, -0.1) is 0 Å². The van der Waals surface area contributed by atoms with Crippen molar-refractivity contribution in [3.8, 4) is 23.0 Å². The van der Waals surface area contributed by atoms with Crippen LogP contribution in [0.3, 0.4) is 0 Å². The molecule has 0 saturated heterocycles. The van der Waals surface area contributed by atoms with E-state index in [0.29, 0.717) is 11.8 Å². The molecule has 0 bridgehead atoms. The van der Waals surface area contributed by atoms with E-state index in [1.807, 2.05) is 0 Å². The second-order valence-electron chi connectivity index (χ2n) is 8.09. The topological polar surface area (TPSA) is 82.1 Å². The van der Waals surface area contributed by atoms with Gasteiger partial charge in [0.1, 0.15) is 5.82 Å². The number of nitrogen functional groups attached to an aromatic ring is 1. The number of aromatic nitrogens is 4. The van der Waals surface area contributed by atoms with E-state index in [-0.39, 0.29) is 5.82 Å². The Bertz CT molecular complexity index is 1070. The van der Waals surface area contributed by atoms with Gasteiger partial charge in [-0.3, -0.25) is 4.57 Å². The van der Waals surface area contributed by atoms with Crippen molar-refractivity contribution in [2.24, 2.45) is 0 Å². The van der Waals surface area contributed by atoms with E-state index in [1.54, 1.807) is 12.4 Å². The molecule has 2 aliphatic heterocycles. The predicted octanol–water partition coefficient (Wildman–Crippen LogP) is 3.35. The van der Waals surface area contributed by atoms with Crippen molar-refractivity contribution in [1.82, 2.24) is 24.4 Å². The summed E-state index contributed by atoms with van der Waals surface area (Å²) in [5, 5.41) is 0. The Morgan fingerprint density at radius 3 is 2.86 bits per heavy atom. The van der Waals surface area contributed by atoms with Gasteiger partial charge < -0.3 is 15.4 Å². The first kappa shape index (κ1) is 18.1. The molecule has 0 radical (unpaired) electrons. The molecule has 2 N–H and O–H groups in total. The Morgan fingerprint density at radius 2 is 1.97 bits per heavy atom. The molecule has 0 atom stereocenters. The van der Waals surface area contributed by atoms with Gasteiger partial charge in [-0.05, 0) is 62.1 Å². The van der Waals surface area contributed by atoms with Crippen LogP contribution in [0.2, 0.25) is 0 Å². The van der Waals surface area contributed by atoms with Gasteiger partial charge >= 0.3 is 0 Å². The normalized spacial score (nSPS) is 16.3. The summed E-state index contributed by atoms with van der Waals surface area (Å²) in [6.45, 7) is 5.14. The third-order valence-electron chi connectivity index (χ3n) is 5.95. The number of aryl methyl sites for hydroxylation is 2. The Hall–Kier alpha value is -2.93. The summed E-state index contributed by atoms with van der Waals surface area (Å²) in [5.74, 6) is 2.36. The summed E-state index contributed by atoms with van der Waals surface area (Å²) in [4.78, 5) is 15.9. The molecule has 29 heavy (non-hydrogen) atoms. The average molecular weight is 390 g/mol. The minimum Gasteiger partial charge on any atom is -0.417 e. The monoisotopic (exact) mass is 390 g/mol. The molecule has 0 aliphatic carbocycles. The molecule has 0 unspecified atom stereocenters. The van der Waals surface area contributed by atoms with Gasteiger partial charge in [0.2, 0.25) is 5.88 Å². The molecule has 2 aromatic heterocycles. The zero-order chi connectivity index (χ0) is 20.0. The lowest BCUT2D eigenvalue weighted by Crippen LogP contribution is -2.27. The number of ether oxygens (including phenoxy) is 1. The molecule has 7 heteroatoms. The zero-order valence-corrected chi connectivity index (χ0v) is 17.0. The lowest BCUT2D eigenvalue weighted by Gasteiger charge is -2.27. The molecule has 4 heterocycles. The number of likely N-dealkylation sites (N-methyl/N-ethyl adjacent to an activating group) is 1. The van der Waals surface area contributed by atoms with Gasteiger partial charge in [0.05, 0.1) is 18.1 Å². The Labute approximate surface area is 170 Å². The van der Waals surface area contributed by atoms with Gasteiger partial charge in [0.15, 0.2) is 5.82 Å². The minimum absolute atomic E-state index is 0.287. The number of rotatable bonds is 3. The number of nitrogens with zero attached hydrogens (tertiary/aromatic N) is 5. The Kier molecular flexibility index (Phi) is 4.47. The van der Waals surface area contributed by atoms with Crippen LogP contribution in [0.25, 0.3) is 11.3 Å². The quantitative estimate of drug-likeness (QED) is 0.739. The highest BCUT2D eigenvalue weighted by atomic mass is 16.5. The molecule has 5 rings (SSSR count). The second-order valence-corrected chi connectivity index (χ2v) is 8.09. The van der Waals surface area contributed by atoms with E-state index < -0.39 is 0 Å². The second kappa shape index (κ2) is 7.15. The van der Waals surface area contributed by atoms with Crippen molar-refractivity contribution in [2.45, 2.75) is 45.7 Å². The molecule has 7 nitrogen and oxygen atoms in total. The van der Waals surface area contributed by atoms with E-state index in [0.717, 1.165) is 56.0 Å². The summed E-state index contributed by atoms with van der Waals surface area (Å²) in [7, 11) is 2.16. The summed E-state index contributed by atoms with van der Waals surface area (Å²) in [6.07, 6.45) is 7.85. The van der Waals surface area contributed by atoms with Crippen LogP contribution < -0.4 is 10.5 Å². The van der Waals surface area contributed by atoms with Crippen LogP contribution in [-0.2, 0) is 25.9 Å².